The van der Waals surface area contributed by atoms with Crippen LogP contribution in [0.15, 0.2) is 36.5 Å². The lowest BCUT2D eigenvalue weighted by molar-refractivity contribution is 0.1000. The van der Waals surface area contributed by atoms with Gasteiger partial charge in [0.05, 0.1) is 15.8 Å². The number of rotatable bonds is 5. The van der Waals surface area contributed by atoms with Gasteiger partial charge in [0.1, 0.15) is 5.75 Å². The van der Waals surface area contributed by atoms with Crippen LogP contribution in [-0.2, 0) is 0 Å². The van der Waals surface area contributed by atoms with Crippen LogP contribution in [0, 0.1) is 0 Å². The summed E-state index contributed by atoms with van der Waals surface area (Å²) in [5.41, 5.74) is 6.60. The number of piperidine rings is 1. The molecule has 0 bridgehead atoms. The third-order valence-electron chi connectivity index (χ3n) is 5.93. The number of likely N-dealkylation sites (tertiary alicyclic amines) is 1. The van der Waals surface area contributed by atoms with Crippen LogP contribution in [0.3, 0.4) is 0 Å². The number of aromatic nitrogens is 2. The fourth-order valence-corrected chi connectivity index (χ4v) is 5.32. The van der Waals surface area contributed by atoms with Crippen LogP contribution in [0.1, 0.15) is 36.0 Å². The molecule has 0 aliphatic carbocycles. The number of nitrogens with two attached hydrogens (primary N) is 1. The summed E-state index contributed by atoms with van der Waals surface area (Å²) in [7, 11) is 0. The average Bonchev–Trinajstić information content (AvgIpc) is 3.42. The predicted molar refractivity (Wildman–Crippen MR) is 118 cm³/mol. The number of carbonyl (C=O) groups is 1. The first-order chi connectivity index (χ1) is 14.7. The molecular formula is C22H25N5O2S. The van der Waals surface area contributed by atoms with Crippen molar-refractivity contribution in [3.05, 3.63) is 42.1 Å². The van der Waals surface area contributed by atoms with Crippen LogP contribution < -0.4 is 15.4 Å². The smallest absolute Gasteiger partial charge is 0.250 e. The first-order valence-corrected chi connectivity index (χ1v) is 11.3. The maximum Gasteiger partial charge on any atom is 0.250 e. The molecule has 0 spiro atoms. The summed E-state index contributed by atoms with van der Waals surface area (Å²) in [6.07, 6.45) is 6.69. The number of hydrogen-bond acceptors (Lipinski definition) is 7. The number of nitrogens with zero attached hydrogens (tertiary/aromatic N) is 4. The topological polar surface area (TPSA) is 84.6 Å². The molecule has 3 aromatic rings. The Morgan fingerprint density at radius 1 is 1.13 bits per heavy atom. The summed E-state index contributed by atoms with van der Waals surface area (Å²) in [5, 5.41) is 1.09. The highest BCUT2D eigenvalue weighted by molar-refractivity contribution is 7.22. The zero-order chi connectivity index (χ0) is 20.5. The van der Waals surface area contributed by atoms with E-state index in [0.717, 1.165) is 28.4 Å². The summed E-state index contributed by atoms with van der Waals surface area (Å²) in [4.78, 5) is 25.3. The number of fused-ring (bicyclic) bond motifs is 1. The molecule has 1 amide bonds. The van der Waals surface area contributed by atoms with Crippen molar-refractivity contribution < 1.29 is 9.53 Å². The van der Waals surface area contributed by atoms with Gasteiger partial charge in [0.2, 0.25) is 11.8 Å². The fraction of sp³-hybridized carbons (Fsp3) is 0.409. The van der Waals surface area contributed by atoms with Crippen LogP contribution >= 0.6 is 11.3 Å². The van der Waals surface area contributed by atoms with Gasteiger partial charge in [-0.2, -0.15) is 0 Å². The van der Waals surface area contributed by atoms with E-state index >= 15 is 0 Å². The van der Waals surface area contributed by atoms with Crippen LogP contribution in [0.5, 0.6) is 11.6 Å². The second kappa shape index (κ2) is 8.20. The van der Waals surface area contributed by atoms with Gasteiger partial charge in [0.15, 0.2) is 5.13 Å². The van der Waals surface area contributed by atoms with Gasteiger partial charge in [0, 0.05) is 37.5 Å². The fourth-order valence-electron chi connectivity index (χ4n) is 4.30. The quantitative estimate of drug-likeness (QED) is 0.674. The Balaban J connectivity index is 1.29. The van der Waals surface area contributed by atoms with E-state index in [9.17, 15) is 4.79 Å². The summed E-state index contributed by atoms with van der Waals surface area (Å²) in [5.74, 6) is 0.620. The van der Waals surface area contributed by atoms with E-state index in [-0.39, 0.29) is 0 Å². The summed E-state index contributed by atoms with van der Waals surface area (Å²) in [6.45, 7) is 4.63. The maximum atomic E-state index is 11.2. The molecule has 0 radical (unpaired) electrons. The maximum absolute atomic E-state index is 11.2. The average molecular weight is 424 g/mol. The van der Waals surface area contributed by atoms with Gasteiger partial charge < -0.3 is 15.4 Å². The Labute approximate surface area is 179 Å². The number of ether oxygens (including phenoxy) is 1. The molecule has 2 aliphatic rings. The molecule has 2 saturated heterocycles. The third-order valence-corrected chi connectivity index (χ3v) is 7.01. The Bertz CT molecular complexity index is 1050. The normalized spacial score (nSPS) is 20.0. The Morgan fingerprint density at radius 3 is 2.77 bits per heavy atom. The third kappa shape index (κ3) is 3.97. The summed E-state index contributed by atoms with van der Waals surface area (Å²) < 4.78 is 6.94. The van der Waals surface area contributed by atoms with Crippen molar-refractivity contribution in [1.82, 2.24) is 14.9 Å². The van der Waals surface area contributed by atoms with E-state index in [0.29, 0.717) is 23.2 Å². The molecule has 4 heterocycles. The molecule has 7 nitrogen and oxygen atoms in total. The van der Waals surface area contributed by atoms with Gasteiger partial charge in [-0.1, -0.05) is 17.8 Å². The van der Waals surface area contributed by atoms with Gasteiger partial charge >= 0.3 is 0 Å². The van der Waals surface area contributed by atoms with Crippen molar-refractivity contribution in [1.29, 1.82) is 0 Å². The molecule has 2 aromatic heterocycles. The minimum absolute atomic E-state index is 0.360. The van der Waals surface area contributed by atoms with E-state index in [4.69, 9.17) is 15.5 Å². The van der Waals surface area contributed by atoms with Crippen LogP contribution in [0.25, 0.3) is 10.2 Å². The number of hydrogen-bond donors (Lipinski definition) is 1. The van der Waals surface area contributed by atoms with Crippen LogP contribution in [0.4, 0.5) is 5.13 Å². The van der Waals surface area contributed by atoms with E-state index in [2.05, 4.69) is 14.8 Å². The number of benzene rings is 1. The number of amides is 1. The predicted octanol–water partition coefficient (Wildman–Crippen LogP) is 3.65. The number of carbonyl (C=O) groups excluding carboxylic acids is 1. The van der Waals surface area contributed by atoms with E-state index in [1.165, 1.54) is 45.0 Å². The molecule has 5 rings (SSSR count). The SMILES string of the molecule is NC(=O)c1ccc(Oc2ccc3nc(N4CCC(N5CCCCC5)C4)sc3c2)nc1. The van der Waals surface area contributed by atoms with Crippen molar-refractivity contribution in [2.24, 2.45) is 5.73 Å². The van der Waals surface area contributed by atoms with Gasteiger partial charge in [-0.3, -0.25) is 9.69 Å². The van der Waals surface area contributed by atoms with Gasteiger partial charge in [-0.05, 0) is 50.6 Å². The van der Waals surface area contributed by atoms with Crippen molar-refractivity contribution in [3.63, 3.8) is 0 Å². The zero-order valence-corrected chi connectivity index (χ0v) is 17.6. The second-order valence-corrected chi connectivity index (χ2v) is 8.97. The van der Waals surface area contributed by atoms with Crippen LogP contribution in [0.2, 0.25) is 0 Å². The zero-order valence-electron chi connectivity index (χ0n) is 16.8. The number of pyridine rings is 1. The molecule has 0 saturated carbocycles. The lowest BCUT2D eigenvalue weighted by Crippen LogP contribution is -2.40. The van der Waals surface area contributed by atoms with E-state index in [1.807, 2.05) is 18.2 Å². The summed E-state index contributed by atoms with van der Waals surface area (Å²) >= 11 is 1.71. The Kier molecular flexibility index (Phi) is 5.26. The molecule has 1 atom stereocenters. The number of thiazole rings is 1. The van der Waals surface area contributed by atoms with Crippen molar-refractivity contribution in [2.45, 2.75) is 31.7 Å². The summed E-state index contributed by atoms with van der Waals surface area (Å²) in [6, 6.07) is 9.80. The first-order valence-electron chi connectivity index (χ1n) is 10.5. The van der Waals surface area contributed by atoms with E-state index in [1.54, 1.807) is 23.5 Å². The van der Waals surface area contributed by atoms with Crippen molar-refractivity contribution in [3.8, 4) is 11.6 Å². The highest BCUT2D eigenvalue weighted by Gasteiger charge is 2.29. The molecule has 30 heavy (non-hydrogen) atoms. The van der Waals surface area contributed by atoms with Crippen molar-refractivity contribution in [2.75, 3.05) is 31.1 Å². The lowest BCUT2D eigenvalue weighted by atomic mass is 10.1. The van der Waals surface area contributed by atoms with Gasteiger partial charge in [-0.25, -0.2) is 9.97 Å². The largest absolute Gasteiger partial charge is 0.439 e. The lowest BCUT2D eigenvalue weighted by Gasteiger charge is -2.32. The highest BCUT2D eigenvalue weighted by atomic mass is 32.1. The number of anilines is 1. The minimum atomic E-state index is -0.503. The molecule has 2 fully saturated rings. The Morgan fingerprint density at radius 2 is 2.00 bits per heavy atom. The minimum Gasteiger partial charge on any atom is -0.439 e. The monoisotopic (exact) mass is 423 g/mol. The molecule has 8 heteroatoms. The molecule has 156 valence electrons. The molecule has 1 aromatic carbocycles. The van der Waals surface area contributed by atoms with Gasteiger partial charge in [0.25, 0.3) is 0 Å². The van der Waals surface area contributed by atoms with E-state index < -0.39 is 5.91 Å². The highest BCUT2D eigenvalue weighted by Crippen LogP contribution is 2.34. The molecule has 1 unspecified atom stereocenters. The van der Waals surface area contributed by atoms with Crippen molar-refractivity contribution >= 4 is 32.6 Å². The molecule has 2 aliphatic heterocycles. The number of primary amides is 1. The standard InChI is InChI=1S/C22H25N5O2S/c23-21(28)15-4-7-20(24-13-15)29-17-5-6-18-19(12-17)30-22(25-18)27-11-8-16(14-27)26-9-2-1-3-10-26/h4-7,12-13,16H,1-3,8-11,14H2,(H2,23,28). The molecule has 2 N–H and O–H groups in total. The first kappa shape index (κ1) is 19.3. The second-order valence-electron chi connectivity index (χ2n) is 7.96. The Hall–Kier alpha value is -2.71. The molecular weight excluding hydrogens is 398 g/mol. The van der Waals surface area contributed by atoms with Gasteiger partial charge in [-0.15, -0.1) is 0 Å². The van der Waals surface area contributed by atoms with Crippen LogP contribution in [-0.4, -0.2) is 53.0 Å².